The topological polar surface area (TPSA) is 42.0 Å². The van der Waals surface area contributed by atoms with Gasteiger partial charge in [-0.25, -0.2) is 0 Å². The molecule has 1 aromatic carbocycles. The van der Waals surface area contributed by atoms with Crippen LogP contribution in [-0.2, 0) is 9.47 Å². The summed E-state index contributed by atoms with van der Waals surface area (Å²) in [6.07, 6.45) is 0. The minimum atomic E-state index is -0.502. The van der Waals surface area contributed by atoms with Gasteiger partial charge in [-0.15, -0.1) is 0 Å². The zero-order valence-corrected chi connectivity index (χ0v) is 13.8. The van der Waals surface area contributed by atoms with Gasteiger partial charge in [-0.1, -0.05) is 0 Å². The van der Waals surface area contributed by atoms with Gasteiger partial charge >= 0.3 is 0 Å². The standard InChI is InChI=1S/C17H24N2O3/c1-16(2)21-11-17(12-22-16)9-19(10-17)15(20)13-5-7-14(8-6-13)18(3)4/h5-8H,9-12H2,1-4H3. The van der Waals surface area contributed by atoms with Gasteiger partial charge in [0, 0.05) is 38.4 Å². The first-order chi connectivity index (χ1) is 10.3. The first-order valence-corrected chi connectivity index (χ1v) is 7.65. The number of benzene rings is 1. The molecule has 0 N–H and O–H groups in total. The third-order valence-corrected chi connectivity index (χ3v) is 4.42. The molecule has 3 rings (SSSR count). The Morgan fingerprint density at radius 2 is 1.64 bits per heavy atom. The van der Waals surface area contributed by atoms with Gasteiger partial charge in [0.25, 0.3) is 5.91 Å². The van der Waals surface area contributed by atoms with Gasteiger partial charge in [0.2, 0.25) is 0 Å². The van der Waals surface area contributed by atoms with Crippen LogP contribution in [0.4, 0.5) is 5.69 Å². The molecule has 0 bridgehead atoms. The number of carbonyl (C=O) groups is 1. The van der Waals surface area contributed by atoms with Crippen LogP contribution >= 0.6 is 0 Å². The maximum Gasteiger partial charge on any atom is 0.253 e. The highest BCUT2D eigenvalue weighted by Crippen LogP contribution is 2.38. The number of carbonyl (C=O) groups excluding carboxylic acids is 1. The van der Waals surface area contributed by atoms with Gasteiger partial charge in [0.05, 0.1) is 18.6 Å². The largest absolute Gasteiger partial charge is 0.378 e. The van der Waals surface area contributed by atoms with Crippen LogP contribution < -0.4 is 4.90 Å². The molecule has 0 radical (unpaired) electrons. The van der Waals surface area contributed by atoms with E-state index in [1.54, 1.807) is 0 Å². The molecule has 1 spiro atoms. The lowest BCUT2D eigenvalue weighted by Crippen LogP contribution is -2.65. The molecule has 2 aliphatic rings. The number of hydrogen-bond donors (Lipinski definition) is 0. The van der Waals surface area contributed by atoms with Crippen molar-refractivity contribution < 1.29 is 14.3 Å². The average molecular weight is 304 g/mol. The van der Waals surface area contributed by atoms with Gasteiger partial charge in [-0.05, 0) is 38.1 Å². The molecule has 2 heterocycles. The van der Waals surface area contributed by atoms with Gasteiger partial charge in [-0.2, -0.15) is 0 Å². The van der Waals surface area contributed by atoms with E-state index in [0.717, 1.165) is 11.3 Å². The second kappa shape index (κ2) is 5.25. The lowest BCUT2D eigenvalue weighted by Gasteiger charge is -2.54. The third kappa shape index (κ3) is 2.83. The molecular formula is C17H24N2O3. The first kappa shape index (κ1) is 15.3. The average Bonchev–Trinajstić information content (AvgIpc) is 2.45. The summed E-state index contributed by atoms with van der Waals surface area (Å²) in [6.45, 7) is 6.57. The lowest BCUT2D eigenvalue weighted by molar-refractivity contribution is -0.301. The fourth-order valence-electron chi connectivity index (χ4n) is 2.91. The minimum absolute atomic E-state index is 0.0191. The Kier molecular flexibility index (Phi) is 3.65. The molecule has 1 amide bonds. The van der Waals surface area contributed by atoms with Crippen molar-refractivity contribution in [2.75, 3.05) is 45.3 Å². The Labute approximate surface area is 131 Å². The maximum absolute atomic E-state index is 12.5. The molecule has 0 aromatic heterocycles. The molecule has 1 aromatic rings. The number of hydrogen-bond acceptors (Lipinski definition) is 4. The SMILES string of the molecule is CN(C)c1ccc(C(=O)N2CC3(COC(C)(C)OC3)C2)cc1. The summed E-state index contributed by atoms with van der Waals surface area (Å²) in [5.74, 6) is -0.418. The van der Waals surface area contributed by atoms with Crippen LogP contribution in [0.15, 0.2) is 24.3 Å². The highest BCUT2D eigenvalue weighted by Gasteiger charge is 2.50. The van der Waals surface area contributed by atoms with E-state index >= 15 is 0 Å². The number of likely N-dealkylation sites (tertiary alicyclic amines) is 1. The van der Waals surface area contributed by atoms with Crippen LogP contribution in [0.5, 0.6) is 0 Å². The van der Waals surface area contributed by atoms with E-state index in [0.29, 0.717) is 26.3 Å². The zero-order chi connectivity index (χ0) is 16.0. The number of ether oxygens (including phenoxy) is 2. The number of rotatable bonds is 2. The molecular weight excluding hydrogens is 280 g/mol. The summed E-state index contributed by atoms with van der Waals surface area (Å²) in [7, 11) is 3.97. The highest BCUT2D eigenvalue weighted by molar-refractivity contribution is 5.95. The molecule has 5 heteroatoms. The van der Waals surface area contributed by atoms with Gasteiger partial charge < -0.3 is 19.3 Å². The van der Waals surface area contributed by atoms with Crippen LogP contribution in [0.25, 0.3) is 0 Å². The van der Waals surface area contributed by atoms with E-state index < -0.39 is 5.79 Å². The fraction of sp³-hybridized carbons (Fsp3) is 0.588. The van der Waals surface area contributed by atoms with E-state index in [9.17, 15) is 4.79 Å². The fourth-order valence-corrected chi connectivity index (χ4v) is 2.91. The summed E-state index contributed by atoms with van der Waals surface area (Å²) in [6, 6.07) is 7.72. The molecule has 22 heavy (non-hydrogen) atoms. The van der Waals surface area contributed by atoms with E-state index in [1.165, 1.54) is 0 Å². The van der Waals surface area contributed by atoms with Crippen LogP contribution in [-0.4, -0.2) is 57.0 Å². The van der Waals surface area contributed by atoms with E-state index in [1.807, 2.05) is 62.0 Å². The normalized spacial score (nSPS) is 22.3. The van der Waals surface area contributed by atoms with E-state index in [4.69, 9.17) is 9.47 Å². The maximum atomic E-state index is 12.5. The molecule has 0 aliphatic carbocycles. The Bertz CT molecular complexity index is 548. The van der Waals surface area contributed by atoms with Crippen molar-refractivity contribution >= 4 is 11.6 Å². The van der Waals surface area contributed by atoms with Gasteiger partial charge in [-0.3, -0.25) is 4.79 Å². The molecule has 5 nitrogen and oxygen atoms in total. The number of nitrogens with zero attached hydrogens (tertiary/aromatic N) is 2. The van der Waals surface area contributed by atoms with Crippen molar-refractivity contribution in [1.29, 1.82) is 0 Å². The molecule has 0 saturated carbocycles. The molecule has 120 valence electrons. The summed E-state index contributed by atoms with van der Waals surface area (Å²) < 4.78 is 11.5. The monoisotopic (exact) mass is 304 g/mol. The molecule has 2 aliphatic heterocycles. The zero-order valence-electron chi connectivity index (χ0n) is 13.8. The summed E-state index contributed by atoms with van der Waals surface area (Å²) in [5, 5.41) is 0. The van der Waals surface area contributed by atoms with Crippen molar-refractivity contribution in [3.63, 3.8) is 0 Å². The van der Waals surface area contributed by atoms with Crippen molar-refractivity contribution in [2.45, 2.75) is 19.6 Å². The summed E-state index contributed by atoms with van der Waals surface area (Å²) >= 11 is 0. The van der Waals surface area contributed by atoms with Crippen LogP contribution in [0.2, 0.25) is 0 Å². The van der Waals surface area contributed by atoms with Crippen LogP contribution in [0, 0.1) is 5.41 Å². The van der Waals surface area contributed by atoms with Crippen LogP contribution in [0.3, 0.4) is 0 Å². The first-order valence-electron chi connectivity index (χ1n) is 7.65. The minimum Gasteiger partial charge on any atom is -0.378 e. The predicted octanol–water partition coefficient (Wildman–Crippen LogP) is 1.98. The second-order valence-corrected chi connectivity index (χ2v) is 7.08. The van der Waals surface area contributed by atoms with Gasteiger partial charge in [0.15, 0.2) is 5.79 Å². The molecule has 2 saturated heterocycles. The summed E-state index contributed by atoms with van der Waals surface area (Å²) in [5.41, 5.74) is 1.81. The Balaban J connectivity index is 1.59. The lowest BCUT2D eigenvalue weighted by atomic mass is 9.80. The van der Waals surface area contributed by atoms with Crippen molar-refractivity contribution in [1.82, 2.24) is 4.90 Å². The van der Waals surface area contributed by atoms with Crippen molar-refractivity contribution in [3.05, 3.63) is 29.8 Å². The van der Waals surface area contributed by atoms with Crippen LogP contribution in [0.1, 0.15) is 24.2 Å². The van der Waals surface area contributed by atoms with E-state index in [-0.39, 0.29) is 11.3 Å². The van der Waals surface area contributed by atoms with Gasteiger partial charge in [0.1, 0.15) is 0 Å². The smallest absolute Gasteiger partial charge is 0.253 e. The summed E-state index contributed by atoms with van der Waals surface area (Å²) in [4.78, 5) is 16.4. The number of amides is 1. The van der Waals surface area contributed by atoms with E-state index in [2.05, 4.69) is 0 Å². The Hall–Kier alpha value is -1.59. The predicted molar refractivity (Wildman–Crippen MR) is 85.1 cm³/mol. The molecule has 0 atom stereocenters. The number of anilines is 1. The highest BCUT2D eigenvalue weighted by atomic mass is 16.7. The Morgan fingerprint density at radius 1 is 1.09 bits per heavy atom. The third-order valence-electron chi connectivity index (χ3n) is 4.42. The van der Waals surface area contributed by atoms with Crippen molar-refractivity contribution in [2.24, 2.45) is 5.41 Å². The Morgan fingerprint density at radius 3 is 2.14 bits per heavy atom. The van der Waals surface area contributed by atoms with Crippen molar-refractivity contribution in [3.8, 4) is 0 Å². The quantitative estimate of drug-likeness (QED) is 0.838. The second-order valence-electron chi connectivity index (χ2n) is 7.08. The molecule has 2 fully saturated rings. The molecule has 0 unspecified atom stereocenters.